The Morgan fingerprint density at radius 2 is 2.06 bits per heavy atom. The van der Waals surface area contributed by atoms with E-state index in [2.05, 4.69) is 4.18 Å². The fourth-order valence-electron chi connectivity index (χ4n) is 2.02. The number of hydrogen-bond acceptors (Lipinski definition) is 4. The molecular weight excluding hydrogens is 261 g/mol. The minimum absolute atomic E-state index is 0.0705. The maximum absolute atomic E-state index is 12.1. The van der Waals surface area contributed by atoms with Crippen molar-refractivity contribution in [2.24, 2.45) is 5.41 Å². The zero-order valence-electron chi connectivity index (χ0n) is 9.16. The summed E-state index contributed by atoms with van der Waals surface area (Å²) >= 11 is 0. The van der Waals surface area contributed by atoms with E-state index in [1.807, 2.05) is 6.92 Å². The maximum Gasteiger partial charge on any atom is 0.523 e. The first-order chi connectivity index (χ1) is 7.66. The molecule has 0 aromatic heterocycles. The normalized spacial score (nSPS) is 38.4. The zero-order valence-corrected chi connectivity index (χ0v) is 9.97. The highest BCUT2D eigenvalue weighted by molar-refractivity contribution is 7.87. The van der Waals surface area contributed by atoms with Crippen LogP contribution in [0.3, 0.4) is 0 Å². The third-order valence-electron chi connectivity index (χ3n) is 3.35. The van der Waals surface area contributed by atoms with Crippen LogP contribution in [-0.2, 0) is 19.0 Å². The van der Waals surface area contributed by atoms with Gasteiger partial charge in [-0.3, -0.25) is 4.18 Å². The van der Waals surface area contributed by atoms with Crippen LogP contribution in [-0.4, -0.2) is 32.7 Å². The summed E-state index contributed by atoms with van der Waals surface area (Å²) in [4.78, 5) is 0. The van der Waals surface area contributed by atoms with Crippen LogP contribution < -0.4 is 0 Å². The van der Waals surface area contributed by atoms with Crippen molar-refractivity contribution in [2.45, 2.75) is 43.9 Å². The van der Waals surface area contributed by atoms with Crippen molar-refractivity contribution in [3.8, 4) is 0 Å². The Morgan fingerprint density at radius 3 is 2.53 bits per heavy atom. The van der Waals surface area contributed by atoms with Crippen LogP contribution in [0.1, 0.15) is 26.2 Å². The van der Waals surface area contributed by atoms with Gasteiger partial charge < -0.3 is 4.74 Å². The molecule has 0 radical (unpaired) electrons. The van der Waals surface area contributed by atoms with Gasteiger partial charge in [0.15, 0.2) is 0 Å². The molecule has 1 aliphatic heterocycles. The van der Waals surface area contributed by atoms with E-state index in [0.29, 0.717) is 19.3 Å². The van der Waals surface area contributed by atoms with Gasteiger partial charge in [-0.2, -0.15) is 21.6 Å². The van der Waals surface area contributed by atoms with E-state index < -0.39 is 27.1 Å². The minimum atomic E-state index is -5.48. The second kappa shape index (κ2) is 3.83. The van der Waals surface area contributed by atoms with Gasteiger partial charge in [0.25, 0.3) is 0 Å². The molecule has 2 aliphatic rings. The number of halogens is 3. The predicted octanol–water partition coefficient (Wildman–Crippen LogP) is 1.81. The molecule has 0 N–H and O–H groups in total. The molecule has 8 heteroatoms. The Morgan fingerprint density at radius 1 is 1.41 bits per heavy atom. The van der Waals surface area contributed by atoms with Crippen LogP contribution >= 0.6 is 0 Å². The molecule has 0 amide bonds. The van der Waals surface area contributed by atoms with Gasteiger partial charge in [-0.05, 0) is 26.2 Å². The standard InChI is InChI=1S/C9H13F3O4S/c1-6-2-3-8(5-15-6)4-7(8)16-17(13,14)9(10,11)12/h6-7H,2-5H2,1H3/t6-,7?,8?/m1/s1. The first-order valence-corrected chi connectivity index (χ1v) is 6.68. The largest absolute Gasteiger partial charge is 0.523 e. The van der Waals surface area contributed by atoms with E-state index >= 15 is 0 Å². The molecule has 2 unspecified atom stereocenters. The third-order valence-corrected chi connectivity index (χ3v) is 4.40. The zero-order chi connectivity index (χ0) is 12.9. The lowest BCUT2D eigenvalue weighted by molar-refractivity contribution is -0.0596. The molecule has 2 fully saturated rings. The average Bonchev–Trinajstić information content (AvgIpc) is 2.82. The van der Waals surface area contributed by atoms with Gasteiger partial charge in [-0.25, -0.2) is 0 Å². The van der Waals surface area contributed by atoms with Crippen LogP contribution in [0.2, 0.25) is 0 Å². The molecule has 1 heterocycles. The molecule has 0 bridgehead atoms. The fourth-order valence-corrected chi connectivity index (χ4v) is 2.71. The van der Waals surface area contributed by atoms with Crippen molar-refractivity contribution >= 4 is 10.1 Å². The van der Waals surface area contributed by atoms with E-state index in [9.17, 15) is 21.6 Å². The quantitative estimate of drug-likeness (QED) is 0.569. The highest BCUT2D eigenvalue weighted by atomic mass is 32.2. The first-order valence-electron chi connectivity index (χ1n) is 5.27. The summed E-state index contributed by atoms with van der Waals surface area (Å²) in [6.07, 6.45) is 0.857. The Labute approximate surface area is 97.2 Å². The molecule has 17 heavy (non-hydrogen) atoms. The highest BCUT2D eigenvalue weighted by Crippen LogP contribution is 2.55. The van der Waals surface area contributed by atoms with Crippen molar-refractivity contribution in [3.05, 3.63) is 0 Å². The van der Waals surface area contributed by atoms with Crippen LogP contribution in [0, 0.1) is 5.41 Å². The van der Waals surface area contributed by atoms with Gasteiger partial charge in [-0.15, -0.1) is 0 Å². The molecule has 1 aliphatic carbocycles. The molecule has 4 nitrogen and oxygen atoms in total. The average molecular weight is 274 g/mol. The van der Waals surface area contributed by atoms with Crippen LogP contribution in [0.4, 0.5) is 13.2 Å². The molecule has 100 valence electrons. The SMILES string of the molecule is C[C@@H]1CCC2(CO1)CC2OS(=O)(=O)C(F)(F)F. The van der Waals surface area contributed by atoms with E-state index in [4.69, 9.17) is 4.74 Å². The molecule has 0 aromatic carbocycles. The molecule has 0 aromatic rings. The van der Waals surface area contributed by atoms with E-state index in [1.165, 1.54) is 0 Å². The van der Waals surface area contributed by atoms with Gasteiger partial charge in [0, 0.05) is 5.41 Å². The Bertz CT molecular complexity index is 395. The summed E-state index contributed by atoms with van der Waals surface area (Å²) in [7, 11) is -5.48. The van der Waals surface area contributed by atoms with Gasteiger partial charge in [-0.1, -0.05) is 0 Å². The lowest BCUT2D eigenvalue weighted by Crippen LogP contribution is -2.31. The summed E-state index contributed by atoms with van der Waals surface area (Å²) < 4.78 is 67.4. The number of alkyl halides is 3. The van der Waals surface area contributed by atoms with Crippen molar-refractivity contribution < 1.29 is 30.5 Å². The second-order valence-electron chi connectivity index (χ2n) is 4.71. The Kier molecular flexibility index (Phi) is 2.95. The monoisotopic (exact) mass is 274 g/mol. The second-order valence-corrected chi connectivity index (χ2v) is 6.28. The van der Waals surface area contributed by atoms with Gasteiger partial charge in [0.05, 0.1) is 18.8 Å². The van der Waals surface area contributed by atoms with Crippen LogP contribution in [0.15, 0.2) is 0 Å². The third kappa shape index (κ3) is 2.43. The molecule has 2 rings (SSSR count). The number of ether oxygens (including phenoxy) is 1. The van der Waals surface area contributed by atoms with Crippen LogP contribution in [0.5, 0.6) is 0 Å². The van der Waals surface area contributed by atoms with E-state index in [0.717, 1.165) is 0 Å². The minimum Gasteiger partial charge on any atom is -0.378 e. The first kappa shape index (κ1) is 13.1. The van der Waals surface area contributed by atoms with E-state index in [1.54, 1.807) is 0 Å². The topological polar surface area (TPSA) is 52.6 Å². The van der Waals surface area contributed by atoms with E-state index in [-0.39, 0.29) is 12.7 Å². The van der Waals surface area contributed by atoms with Gasteiger partial charge in [0.1, 0.15) is 0 Å². The van der Waals surface area contributed by atoms with Crippen molar-refractivity contribution in [2.75, 3.05) is 6.61 Å². The van der Waals surface area contributed by atoms with Crippen LogP contribution in [0.25, 0.3) is 0 Å². The molecule has 1 saturated heterocycles. The number of hydrogen-bond donors (Lipinski definition) is 0. The summed E-state index contributed by atoms with van der Waals surface area (Å²) in [6, 6.07) is 0. The smallest absolute Gasteiger partial charge is 0.378 e. The summed E-state index contributed by atoms with van der Waals surface area (Å²) in [5.41, 5.74) is -5.87. The summed E-state index contributed by atoms with van der Waals surface area (Å²) in [5, 5.41) is 0. The molecule has 1 saturated carbocycles. The number of rotatable bonds is 2. The lowest BCUT2D eigenvalue weighted by Gasteiger charge is -2.27. The maximum atomic E-state index is 12.1. The molecular formula is C9H13F3O4S. The summed E-state index contributed by atoms with van der Waals surface area (Å²) in [6.45, 7) is 2.14. The van der Waals surface area contributed by atoms with Crippen molar-refractivity contribution in [1.82, 2.24) is 0 Å². The Hall–Kier alpha value is -0.340. The van der Waals surface area contributed by atoms with Gasteiger partial charge in [0.2, 0.25) is 0 Å². The van der Waals surface area contributed by atoms with Crippen molar-refractivity contribution in [1.29, 1.82) is 0 Å². The fraction of sp³-hybridized carbons (Fsp3) is 1.00. The lowest BCUT2D eigenvalue weighted by atomic mass is 9.96. The van der Waals surface area contributed by atoms with Gasteiger partial charge >= 0.3 is 15.6 Å². The molecule has 1 spiro atoms. The highest BCUT2D eigenvalue weighted by Gasteiger charge is 2.61. The summed E-state index contributed by atoms with van der Waals surface area (Å²) in [5.74, 6) is 0. The van der Waals surface area contributed by atoms with Crippen molar-refractivity contribution in [3.63, 3.8) is 0 Å². The predicted molar refractivity (Wildman–Crippen MR) is 51.5 cm³/mol. The Balaban J connectivity index is 1.96. The molecule has 3 atom stereocenters.